The van der Waals surface area contributed by atoms with Gasteiger partial charge in [0.25, 0.3) is 0 Å². The maximum absolute atomic E-state index is 11.7. The Morgan fingerprint density at radius 1 is 1.38 bits per heavy atom. The molecule has 0 bridgehead atoms. The van der Waals surface area contributed by atoms with E-state index in [1.807, 2.05) is 16.7 Å². The van der Waals surface area contributed by atoms with Crippen LogP contribution in [0.25, 0.3) is 5.65 Å². The number of thioether (sulfide) groups is 1. The van der Waals surface area contributed by atoms with Crippen molar-refractivity contribution in [2.75, 3.05) is 12.3 Å². The zero-order chi connectivity index (χ0) is 17.1. The SMILES string of the molecule is CCOC(=O)c1cnc(SCc2cn3cc(Cl)ccc3n2)nc1N. The van der Waals surface area contributed by atoms with Gasteiger partial charge in [0.2, 0.25) is 0 Å². The Balaban J connectivity index is 1.71. The van der Waals surface area contributed by atoms with Crippen molar-refractivity contribution in [2.45, 2.75) is 17.8 Å². The van der Waals surface area contributed by atoms with Crippen molar-refractivity contribution >= 4 is 40.8 Å². The minimum Gasteiger partial charge on any atom is -0.462 e. The van der Waals surface area contributed by atoms with Gasteiger partial charge in [-0.15, -0.1) is 0 Å². The summed E-state index contributed by atoms with van der Waals surface area (Å²) >= 11 is 7.33. The third kappa shape index (κ3) is 3.60. The third-order valence-electron chi connectivity index (χ3n) is 3.11. The van der Waals surface area contributed by atoms with Crippen molar-refractivity contribution in [3.05, 3.63) is 47.0 Å². The van der Waals surface area contributed by atoms with Crippen LogP contribution in [-0.4, -0.2) is 31.9 Å². The average Bonchev–Trinajstić information content (AvgIpc) is 2.95. The molecular formula is C15H14ClN5O2S. The van der Waals surface area contributed by atoms with E-state index in [0.29, 0.717) is 15.9 Å². The molecule has 24 heavy (non-hydrogen) atoms. The molecule has 7 nitrogen and oxygen atoms in total. The van der Waals surface area contributed by atoms with Crippen LogP contribution in [-0.2, 0) is 10.5 Å². The van der Waals surface area contributed by atoms with E-state index < -0.39 is 5.97 Å². The zero-order valence-electron chi connectivity index (χ0n) is 12.8. The van der Waals surface area contributed by atoms with Crippen molar-refractivity contribution in [1.29, 1.82) is 0 Å². The number of rotatable bonds is 5. The van der Waals surface area contributed by atoms with Gasteiger partial charge in [0, 0.05) is 24.3 Å². The Morgan fingerprint density at radius 3 is 2.96 bits per heavy atom. The third-order valence-corrected chi connectivity index (χ3v) is 4.22. The number of imidazole rings is 1. The Hall–Kier alpha value is -2.32. The van der Waals surface area contributed by atoms with Crippen LogP contribution in [0.3, 0.4) is 0 Å². The first kappa shape index (κ1) is 16.5. The number of hydrogen-bond acceptors (Lipinski definition) is 7. The molecule has 3 heterocycles. The lowest BCUT2D eigenvalue weighted by atomic mass is 10.3. The smallest absolute Gasteiger partial charge is 0.343 e. The highest BCUT2D eigenvalue weighted by Crippen LogP contribution is 2.22. The molecule has 3 aromatic heterocycles. The summed E-state index contributed by atoms with van der Waals surface area (Å²) in [6.45, 7) is 1.99. The van der Waals surface area contributed by atoms with Crippen LogP contribution in [0.5, 0.6) is 0 Å². The summed E-state index contributed by atoms with van der Waals surface area (Å²) < 4.78 is 6.75. The molecular weight excluding hydrogens is 350 g/mol. The number of hydrogen-bond donors (Lipinski definition) is 1. The van der Waals surface area contributed by atoms with E-state index in [-0.39, 0.29) is 18.0 Å². The van der Waals surface area contributed by atoms with Crippen LogP contribution in [0.1, 0.15) is 23.0 Å². The molecule has 9 heteroatoms. The van der Waals surface area contributed by atoms with Gasteiger partial charge in [-0.1, -0.05) is 23.4 Å². The second-order valence-corrected chi connectivity index (χ2v) is 6.18. The Bertz CT molecular complexity index is 899. The summed E-state index contributed by atoms with van der Waals surface area (Å²) in [6.07, 6.45) is 5.07. The van der Waals surface area contributed by atoms with E-state index in [4.69, 9.17) is 22.1 Å². The van der Waals surface area contributed by atoms with E-state index in [2.05, 4.69) is 15.0 Å². The second kappa shape index (κ2) is 7.06. The lowest BCUT2D eigenvalue weighted by Gasteiger charge is -2.05. The monoisotopic (exact) mass is 363 g/mol. The molecule has 3 rings (SSSR count). The van der Waals surface area contributed by atoms with Crippen LogP contribution in [0, 0.1) is 0 Å². The van der Waals surface area contributed by atoms with Gasteiger partial charge in [-0.25, -0.2) is 19.7 Å². The molecule has 0 amide bonds. The minimum absolute atomic E-state index is 0.104. The first-order chi connectivity index (χ1) is 11.6. The number of carbonyl (C=O) groups excluding carboxylic acids is 1. The summed E-state index contributed by atoms with van der Waals surface area (Å²) in [5.74, 6) is 0.147. The number of anilines is 1. The van der Waals surface area contributed by atoms with Crippen molar-refractivity contribution in [2.24, 2.45) is 0 Å². The topological polar surface area (TPSA) is 95.4 Å². The fraction of sp³-hybridized carbons (Fsp3) is 0.200. The average molecular weight is 364 g/mol. The highest BCUT2D eigenvalue weighted by molar-refractivity contribution is 7.98. The van der Waals surface area contributed by atoms with Crippen molar-refractivity contribution in [3.63, 3.8) is 0 Å². The van der Waals surface area contributed by atoms with Crippen LogP contribution >= 0.6 is 23.4 Å². The molecule has 0 saturated heterocycles. The summed E-state index contributed by atoms with van der Waals surface area (Å²) in [5.41, 5.74) is 7.64. The van der Waals surface area contributed by atoms with E-state index in [1.165, 1.54) is 18.0 Å². The number of esters is 1. The fourth-order valence-electron chi connectivity index (χ4n) is 2.04. The molecule has 3 aromatic rings. The number of nitrogens with zero attached hydrogens (tertiary/aromatic N) is 4. The van der Waals surface area contributed by atoms with E-state index >= 15 is 0 Å². The molecule has 0 aliphatic heterocycles. The zero-order valence-corrected chi connectivity index (χ0v) is 14.3. The normalized spacial score (nSPS) is 10.9. The molecule has 2 N–H and O–H groups in total. The first-order valence-corrected chi connectivity index (χ1v) is 8.48. The summed E-state index contributed by atoms with van der Waals surface area (Å²) in [4.78, 5) is 24.4. The van der Waals surface area contributed by atoms with Gasteiger partial charge < -0.3 is 14.9 Å². The number of nitrogen functional groups attached to an aromatic ring is 1. The van der Waals surface area contributed by atoms with E-state index in [1.54, 1.807) is 19.2 Å². The lowest BCUT2D eigenvalue weighted by molar-refractivity contribution is 0.0526. The maximum atomic E-state index is 11.7. The largest absolute Gasteiger partial charge is 0.462 e. The molecule has 0 spiro atoms. The highest BCUT2D eigenvalue weighted by atomic mass is 35.5. The number of aromatic nitrogens is 4. The molecule has 0 atom stereocenters. The molecule has 0 aromatic carbocycles. The molecule has 0 radical (unpaired) electrons. The van der Waals surface area contributed by atoms with Gasteiger partial charge in [-0.2, -0.15) is 0 Å². The fourth-order valence-corrected chi connectivity index (χ4v) is 2.91. The van der Waals surface area contributed by atoms with Crippen LogP contribution in [0.2, 0.25) is 5.02 Å². The predicted octanol–water partition coefficient (Wildman–Crippen LogP) is 2.83. The van der Waals surface area contributed by atoms with Gasteiger partial charge >= 0.3 is 5.97 Å². The van der Waals surface area contributed by atoms with Gasteiger partial charge in [-0.3, -0.25) is 0 Å². The summed E-state index contributed by atoms with van der Waals surface area (Å²) in [5, 5.41) is 1.11. The van der Waals surface area contributed by atoms with Gasteiger partial charge in [0.1, 0.15) is 17.0 Å². The van der Waals surface area contributed by atoms with Crippen LogP contribution in [0.15, 0.2) is 35.9 Å². The standard InChI is InChI=1S/C15H14ClN5O2S/c1-2-23-14(22)11-5-18-15(20-13(11)17)24-8-10-7-21-6-9(16)3-4-12(21)19-10/h3-7H,2,8H2,1H3,(H2,17,18,20). The van der Waals surface area contributed by atoms with E-state index in [9.17, 15) is 4.79 Å². The number of carbonyl (C=O) groups is 1. The highest BCUT2D eigenvalue weighted by Gasteiger charge is 2.14. The molecule has 0 aliphatic carbocycles. The number of ether oxygens (including phenoxy) is 1. The quantitative estimate of drug-likeness (QED) is 0.423. The van der Waals surface area contributed by atoms with Gasteiger partial charge in [0.15, 0.2) is 5.16 Å². The molecule has 124 valence electrons. The van der Waals surface area contributed by atoms with Crippen molar-refractivity contribution < 1.29 is 9.53 Å². The number of halogens is 1. The van der Waals surface area contributed by atoms with Crippen LogP contribution in [0.4, 0.5) is 5.82 Å². The summed E-state index contributed by atoms with van der Waals surface area (Å²) in [7, 11) is 0. The molecule has 0 unspecified atom stereocenters. The predicted molar refractivity (Wildman–Crippen MR) is 92.2 cm³/mol. The second-order valence-electron chi connectivity index (χ2n) is 4.81. The number of fused-ring (bicyclic) bond motifs is 1. The Labute approximate surface area is 147 Å². The Morgan fingerprint density at radius 2 is 2.21 bits per heavy atom. The lowest BCUT2D eigenvalue weighted by Crippen LogP contribution is -2.10. The first-order valence-electron chi connectivity index (χ1n) is 7.12. The Kier molecular flexibility index (Phi) is 4.86. The molecule has 0 saturated carbocycles. The van der Waals surface area contributed by atoms with Crippen LogP contribution < -0.4 is 5.73 Å². The number of nitrogens with two attached hydrogens (primary N) is 1. The number of pyridine rings is 1. The van der Waals surface area contributed by atoms with E-state index in [0.717, 1.165) is 11.3 Å². The maximum Gasteiger partial charge on any atom is 0.343 e. The summed E-state index contributed by atoms with van der Waals surface area (Å²) in [6, 6.07) is 3.64. The minimum atomic E-state index is -0.524. The molecule has 0 aliphatic rings. The van der Waals surface area contributed by atoms with Gasteiger partial charge in [0.05, 0.1) is 17.3 Å². The van der Waals surface area contributed by atoms with Gasteiger partial charge in [-0.05, 0) is 19.1 Å². The van der Waals surface area contributed by atoms with Crippen molar-refractivity contribution in [3.8, 4) is 0 Å². The molecule has 0 fully saturated rings. The van der Waals surface area contributed by atoms with Crippen molar-refractivity contribution in [1.82, 2.24) is 19.4 Å².